The molecule has 102 valence electrons. The highest BCUT2D eigenvalue weighted by molar-refractivity contribution is 5.06. The lowest BCUT2D eigenvalue weighted by molar-refractivity contribution is 0.265. The average Bonchev–Trinajstić information content (AvgIpc) is 2.58. The predicted molar refractivity (Wildman–Crippen MR) is 75.7 cm³/mol. The summed E-state index contributed by atoms with van der Waals surface area (Å²) in [5.74, 6) is 1.00. The zero-order valence-corrected chi connectivity index (χ0v) is 12.1. The zero-order chi connectivity index (χ0) is 13.0. The topological polar surface area (TPSA) is 29.9 Å². The molecule has 0 radical (unpaired) electrons. The summed E-state index contributed by atoms with van der Waals surface area (Å²) in [4.78, 5) is 0. The molecule has 1 saturated carbocycles. The van der Waals surface area contributed by atoms with Crippen molar-refractivity contribution in [2.24, 2.45) is 5.92 Å². The summed E-state index contributed by atoms with van der Waals surface area (Å²) in [7, 11) is 0. The van der Waals surface area contributed by atoms with E-state index in [9.17, 15) is 0 Å². The van der Waals surface area contributed by atoms with E-state index in [0.29, 0.717) is 6.04 Å². The third-order valence-corrected chi connectivity index (χ3v) is 4.05. The van der Waals surface area contributed by atoms with Crippen molar-refractivity contribution in [3.8, 4) is 0 Å². The van der Waals surface area contributed by atoms with Crippen LogP contribution >= 0.6 is 0 Å². The summed E-state index contributed by atoms with van der Waals surface area (Å²) in [5, 5.41) is 8.12. The van der Waals surface area contributed by atoms with Gasteiger partial charge in [0.2, 0.25) is 0 Å². The Bertz CT molecular complexity index is 366. The van der Waals surface area contributed by atoms with Gasteiger partial charge in [0.05, 0.1) is 5.69 Å². The number of aromatic nitrogens is 2. The molecule has 0 saturated heterocycles. The molecule has 0 amide bonds. The Labute approximate surface area is 111 Å². The van der Waals surface area contributed by atoms with Crippen LogP contribution in [0.1, 0.15) is 50.4 Å². The molecule has 1 aliphatic rings. The number of hydrogen-bond donors (Lipinski definition) is 1. The Hall–Kier alpha value is -0.830. The molecule has 1 aliphatic carbocycles. The molecular weight excluding hydrogens is 222 g/mol. The van der Waals surface area contributed by atoms with E-state index in [1.54, 1.807) is 0 Å². The molecule has 1 unspecified atom stereocenters. The van der Waals surface area contributed by atoms with Gasteiger partial charge in [0.1, 0.15) is 0 Å². The van der Waals surface area contributed by atoms with Crippen LogP contribution in [0.15, 0.2) is 6.07 Å². The van der Waals surface area contributed by atoms with Crippen LogP contribution < -0.4 is 5.32 Å². The summed E-state index contributed by atoms with van der Waals surface area (Å²) >= 11 is 0. The van der Waals surface area contributed by atoms with Gasteiger partial charge in [-0.15, -0.1) is 0 Å². The SMILES string of the molecule is Cc1cc(C)n(CCCNC(C)CC2CCC2)n1. The molecule has 1 N–H and O–H groups in total. The van der Waals surface area contributed by atoms with E-state index in [1.165, 1.54) is 31.4 Å². The minimum Gasteiger partial charge on any atom is -0.314 e. The van der Waals surface area contributed by atoms with E-state index in [1.807, 2.05) is 0 Å². The first-order valence-corrected chi connectivity index (χ1v) is 7.39. The van der Waals surface area contributed by atoms with Gasteiger partial charge >= 0.3 is 0 Å². The van der Waals surface area contributed by atoms with Crippen molar-refractivity contribution < 1.29 is 0 Å². The molecule has 1 aromatic heterocycles. The van der Waals surface area contributed by atoms with Gasteiger partial charge in [-0.1, -0.05) is 19.3 Å². The highest BCUT2D eigenvalue weighted by atomic mass is 15.3. The van der Waals surface area contributed by atoms with Crippen molar-refractivity contribution in [1.29, 1.82) is 0 Å². The highest BCUT2D eigenvalue weighted by Crippen LogP contribution is 2.30. The van der Waals surface area contributed by atoms with E-state index in [-0.39, 0.29) is 0 Å². The van der Waals surface area contributed by atoms with Crippen LogP contribution in [-0.4, -0.2) is 22.4 Å². The van der Waals surface area contributed by atoms with Gasteiger partial charge in [-0.25, -0.2) is 0 Å². The van der Waals surface area contributed by atoms with E-state index in [4.69, 9.17) is 0 Å². The van der Waals surface area contributed by atoms with E-state index in [2.05, 4.69) is 41.9 Å². The fourth-order valence-corrected chi connectivity index (χ4v) is 2.79. The summed E-state index contributed by atoms with van der Waals surface area (Å²) in [6, 6.07) is 2.82. The second kappa shape index (κ2) is 6.37. The minimum absolute atomic E-state index is 0.677. The molecule has 1 heterocycles. The van der Waals surface area contributed by atoms with Crippen LogP contribution in [0.25, 0.3) is 0 Å². The van der Waals surface area contributed by atoms with E-state index in [0.717, 1.165) is 31.1 Å². The van der Waals surface area contributed by atoms with Crippen molar-refractivity contribution in [2.45, 2.75) is 65.5 Å². The van der Waals surface area contributed by atoms with Gasteiger partial charge in [0.15, 0.2) is 0 Å². The second-order valence-electron chi connectivity index (χ2n) is 5.89. The van der Waals surface area contributed by atoms with Gasteiger partial charge in [0, 0.05) is 18.3 Å². The molecule has 0 spiro atoms. The third-order valence-electron chi connectivity index (χ3n) is 4.05. The molecule has 0 bridgehead atoms. The summed E-state index contributed by atoms with van der Waals surface area (Å²) < 4.78 is 2.12. The quantitative estimate of drug-likeness (QED) is 0.753. The van der Waals surface area contributed by atoms with Crippen molar-refractivity contribution in [2.75, 3.05) is 6.54 Å². The summed E-state index contributed by atoms with van der Waals surface area (Å²) in [6.45, 7) is 8.64. The Kier molecular flexibility index (Phi) is 4.81. The van der Waals surface area contributed by atoms with Crippen molar-refractivity contribution in [3.63, 3.8) is 0 Å². The first kappa shape index (κ1) is 13.6. The van der Waals surface area contributed by atoms with Gasteiger partial charge in [-0.3, -0.25) is 4.68 Å². The smallest absolute Gasteiger partial charge is 0.0596 e. The lowest BCUT2D eigenvalue weighted by Crippen LogP contribution is -2.31. The minimum atomic E-state index is 0.677. The maximum atomic E-state index is 4.49. The summed E-state index contributed by atoms with van der Waals surface area (Å²) in [5.41, 5.74) is 2.40. The van der Waals surface area contributed by atoms with Crippen LogP contribution in [-0.2, 0) is 6.54 Å². The lowest BCUT2D eigenvalue weighted by Gasteiger charge is -2.28. The number of aryl methyl sites for hydroxylation is 3. The van der Waals surface area contributed by atoms with Crippen LogP contribution in [0, 0.1) is 19.8 Å². The maximum absolute atomic E-state index is 4.49. The van der Waals surface area contributed by atoms with Gasteiger partial charge < -0.3 is 5.32 Å². The second-order valence-corrected chi connectivity index (χ2v) is 5.89. The molecule has 1 aromatic rings. The normalized spacial score (nSPS) is 17.7. The van der Waals surface area contributed by atoms with Crippen LogP contribution in [0.5, 0.6) is 0 Å². The lowest BCUT2D eigenvalue weighted by atomic mass is 9.81. The maximum Gasteiger partial charge on any atom is 0.0596 e. The Balaban J connectivity index is 1.59. The van der Waals surface area contributed by atoms with Gasteiger partial charge in [-0.05, 0) is 52.1 Å². The molecule has 1 atom stereocenters. The van der Waals surface area contributed by atoms with Crippen LogP contribution in [0.3, 0.4) is 0 Å². The van der Waals surface area contributed by atoms with Crippen molar-refractivity contribution >= 4 is 0 Å². The molecule has 3 nitrogen and oxygen atoms in total. The van der Waals surface area contributed by atoms with Gasteiger partial charge in [0.25, 0.3) is 0 Å². The first-order chi connectivity index (χ1) is 8.65. The average molecular weight is 249 g/mol. The number of rotatable bonds is 7. The van der Waals surface area contributed by atoms with Crippen LogP contribution in [0.4, 0.5) is 0 Å². The molecule has 3 heteroatoms. The molecule has 2 rings (SSSR count). The highest BCUT2D eigenvalue weighted by Gasteiger charge is 2.19. The molecular formula is C15H27N3. The largest absolute Gasteiger partial charge is 0.314 e. The van der Waals surface area contributed by atoms with Gasteiger partial charge in [-0.2, -0.15) is 5.10 Å². The molecule has 1 fully saturated rings. The number of nitrogens with zero attached hydrogens (tertiary/aromatic N) is 2. The monoisotopic (exact) mass is 249 g/mol. The first-order valence-electron chi connectivity index (χ1n) is 7.39. The molecule has 0 aliphatic heterocycles. The fourth-order valence-electron chi connectivity index (χ4n) is 2.79. The van der Waals surface area contributed by atoms with Crippen molar-refractivity contribution in [3.05, 3.63) is 17.5 Å². The van der Waals surface area contributed by atoms with E-state index < -0.39 is 0 Å². The number of hydrogen-bond acceptors (Lipinski definition) is 2. The molecule has 0 aromatic carbocycles. The standard InChI is InChI=1S/C15H27N3/c1-12(11-15-6-4-7-15)16-8-5-9-18-14(3)10-13(2)17-18/h10,12,15-16H,4-9,11H2,1-3H3. The Morgan fingerprint density at radius 3 is 2.78 bits per heavy atom. The van der Waals surface area contributed by atoms with Crippen LogP contribution in [0.2, 0.25) is 0 Å². The molecule has 18 heavy (non-hydrogen) atoms. The zero-order valence-electron chi connectivity index (χ0n) is 12.1. The predicted octanol–water partition coefficient (Wildman–Crippen LogP) is 3.06. The Morgan fingerprint density at radius 2 is 2.22 bits per heavy atom. The number of nitrogens with one attached hydrogen (secondary N) is 1. The third kappa shape index (κ3) is 3.84. The fraction of sp³-hybridized carbons (Fsp3) is 0.800. The summed E-state index contributed by atoms with van der Waals surface area (Å²) in [6.07, 6.45) is 6.89. The van der Waals surface area contributed by atoms with E-state index >= 15 is 0 Å². The Morgan fingerprint density at radius 1 is 1.44 bits per heavy atom. The van der Waals surface area contributed by atoms with Crippen molar-refractivity contribution in [1.82, 2.24) is 15.1 Å².